The minimum atomic E-state index is -1.04. The number of fused-ring (bicyclic) bond motifs is 3. The highest BCUT2D eigenvalue weighted by atomic mass is 16.7. The first-order valence-corrected chi connectivity index (χ1v) is 14.5. The summed E-state index contributed by atoms with van der Waals surface area (Å²) in [6.45, 7) is 7.54. The van der Waals surface area contributed by atoms with Gasteiger partial charge in [-0.3, -0.25) is 0 Å². The van der Waals surface area contributed by atoms with Gasteiger partial charge in [-0.2, -0.15) is 0 Å². The number of hydrogen-bond acceptors (Lipinski definition) is 5. The molecule has 0 radical (unpaired) electrons. The van der Waals surface area contributed by atoms with Crippen LogP contribution < -0.4 is 4.90 Å². The van der Waals surface area contributed by atoms with Crippen LogP contribution in [0.5, 0.6) is 0 Å². The van der Waals surface area contributed by atoms with E-state index in [9.17, 15) is 9.59 Å². The predicted molar refractivity (Wildman–Crippen MR) is 147 cm³/mol. The molecule has 0 amide bonds. The number of unbranched alkanes of at least 4 members (excludes halogenated alkanes) is 1. The van der Waals surface area contributed by atoms with E-state index in [1.54, 1.807) is 6.08 Å². The molecule has 5 nitrogen and oxygen atoms in total. The number of carbonyl (C=O) groups is 2. The van der Waals surface area contributed by atoms with Gasteiger partial charge in [0.25, 0.3) is 5.79 Å². The molecule has 2 aromatic carbocycles. The van der Waals surface area contributed by atoms with Crippen LogP contribution in [0, 0.1) is 23.7 Å². The molecule has 4 saturated carbocycles. The molecule has 2 heterocycles. The zero-order chi connectivity index (χ0) is 26.2. The molecular weight excluding hydrogens is 474 g/mol. The van der Waals surface area contributed by atoms with Crippen LogP contribution in [0.3, 0.4) is 0 Å². The number of hydrogen-bond donors (Lipinski definition) is 0. The quantitative estimate of drug-likeness (QED) is 0.257. The van der Waals surface area contributed by atoms with Gasteiger partial charge in [-0.05, 0) is 84.9 Å². The third-order valence-corrected chi connectivity index (χ3v) is 10.1. The summed E-state index contributed by atoms with van der Waals surface area (Å²) in [6, 6.07) is 12.9. The fourth-order valence-corrected chi connectivity index (χ4v) is 8.57. The Hall–Kier alpha value is -3.08. The second-order valence-corrected chi connectivity index (χ2v) is 12.7. The van der Waals surface area contributed by atoms with Gasteiger partial charge in [-0.1, -0.05) is 57.5 Å². The standard InChI is InChI=1S/C33H37NO4/c1-4-5-14-34-27-12-10-22-8-6-7-9-25(22)29(27)32(2,3)28(34)13-11-26-30(35)37-33(38-31(26)36)23-16-20-15-21(18-23)19-24(33)17-20/h6-13,20-21,23-24H,4-5,14-19H2,1-3H3. The zero-order valence-electron chi connectivity index (χ0n) is 22.7. The van der Waals surface area contributed by atoms with Gasteiger partial charge in [-0.25, -0.2) is 9.59 Å². The van der Waals surface area contributed by atoms with Crippen LogP contribution in [0.25, 0.3) is 10.8 Å². The lowest BCUT2D eigenvalue weighted by Gasteiger charge is -2.59. The lowest BCUT2D eigenvalue weighted by atomic mass is 9.53. The Labute approximate surface area is 224 Å². The first-order valence-electron chi connectivity index (χ1n) is 14.5. The van der Waals surface area contributed by atoms with Crippen LogP contribution >= 0.6 is 0 Å². The number of ether oxygens (including phenoxy) is 2. The van der Waals surface area contributed by atoms with Crippen LogP contribution in [0.1, 0.15) is 71.3 Å². The number of benzene rings is 2. The Morgan fingerprint density at radius 3 is 2.21 bits per heavy atom. The maximum Gasteiger partial charge on any atom is 0.348 e. The Morgan fingerprint density at radius 2 is 1.55 bits per heavy atom. The van der Waals surface area contributed by atoms with Gasteiger partial charge in [0.1, 0.15) is 5.57 Å². The lowest BCUT2D eigenvalue weighted by molar-refractivity contribution is -0.313. The van der Waals surface area contributed by atoms with E-state index in [0.717, 1.165) is 50.8 Å². The van der Waals surface area contributed by atoms with Crippen molar-refractivity contribution >= 4 is 28.4 Å². The van der Waals surface area contributed by atoms with E-state index in [1.807, 2.05) is 6.08 Å². The Balaban J connectivity index is 1.24. The highest BCUT2D eigenvalue weighted by Crippen LogP contribution is 2.61. The summed E-state index contributed by atoms with van der Waals surface area (Å²) in [7, 11) is 0. The number of anilines is 1. The SMILES string of the molecule is CCCCN1C(=CC=C2C(=O)OC3(OC2=O)C2CC4CC(C2)CC3C4)C(C)(C)c2c1ccc1ccccc21. The molecule has 5 heteroatoms. The molecular formula is C33H37NO4. The molecule has 0 aromatic heterocycles. The maximum absolute atomic E-state index is 13.4. The summed E-state index contributed by atoms with van der Waals surface area (Å²) in [5, 5.41) is 2.46. The van der Waals surface area contributed by atoms with Gasteiger partial charge in [0, 0.05) is 35.2 Å². The van der Waals surface area contributed by atoms with Gasteiger partial charge in [0.15, 0.2) is 0 Å². The van der Waals surface area contributed by atoms with Gasteiger partial charge in [0.05, 0.1) is 0 Å². The van der Waals surface area contributed by atoms with Gasteiger partial charge in [-0.15, -0.1) is 0 Å². The van der Waals surface area contributed by atoms with E-state index in [4.69, 9.17) is 9.47 Å². The average Bonchev–Trinajstić information content (AvgIpc) is 3.11. The largest absolute Gasteiger partial charge is 0.418 e. The minimum Gasteiger partial charge on any atom is -0.418 e. The molecule has 1 saturated heterocycles. The van der Waals surface area contributed by atoms with Crippen LogP contribution in [-0.2, 0) is 24.5 Å². The Kier molecular flexibility index (Phi) is 5.34. The van der Waals surface area contributed by atoms with E-state index in [-0.39, 0.29) is 22.8 Å². The predicted octanol–water partition coefficient (Wildman–Crippen LogP) is 6.80. The monoisotopic (exact) mass is 511 g/mol. The van der Waals surface area contributed by atoms with E-state index in [1.165, 1.54) is 28.4 Å². The van der Waals surface area contributed by atoms with Crippen molar-refractivity contribution in [1.82, 2.24) is 0 Å². The molecule has 2 aromatic rings. The first-order chi connectivity index (χ1) is 18.3. The van der Waals surface area contributed by atoms with E-state index in [2.05, 4.69) is 62.1 Å². The Bertz CT molecular complexity index is 1350. The molecule has 6 aliphatic rings. The van der Waals surface area contributed by atoms with Crippen molar-refractivity contribution in [2.75, 3.05) is 11.4 Å². The normalized spacial score (nSPS) is 33.7. The van der Waals surface area contributed by atoms with Crippen molar-refractivity contribution in [3.05, 3.63) is 65.4 Å². The molecule has 2 aliphatic heterocycles. The minimum absolute atomic E-state index is 0.00369. The molecule has 4 aliphatic carbocycles. The molecule has 5 fully saturated rings. The number of nitrogens with zero attached hydrogens (tertiary/aromatic N) is 1. The van der Waals surface area contributed by atoms with Crippen LogP contribution in [0.4, 0.5) is 5.69 Å². The number of esters is 2. The van der Waals surface area contributed by atoms with Crippen LogP contribution in [-0.4, -0.2) is 24.3 Å². The Morgan fingerprint density at radius 1 is 0.895 bits per heavy atom. The van der Waals surface area contributed by atoms with E-state index < -0.39 is 17.7 Å². The molecule has 8 rings (SSSR count). The van der Waals surface area contributed by atoms with Crippen molar-refractivity contribution in [2.45, 2.75) is 76.9 Å². The lowest BCUT2D eigenvalue weighted by Crippen LogP contribution is -2.63. The van der Waals surface area contributed by atoms with E-state index in [0.29, 0.717) is 11.8 Å². The molecule has 1 spiro atoms. The molecule has 198 valence electrons. The van der Waals surface area contributed by atoms with Crippen molar-refractivity contribution in [3.63, 3.8) is 0 Å². The first kappa shape index (κ1) is 24.0. The third-order valence-electron chi connectivity index (χ3n) is 10.1. The smallest absolute Gasteiger partial charge is 0.348 e. The molecule has 0 atom stereocenters. The summed E-state index contributed by atoms with van der Waals surface area (Å²) in [5.74, 6) is -0.410. The number of carbonyl (C=O) groups excluding carboxylic acids is 2. The highest BCUT2D eigenvalue weighted by molar-refractivity contribution is 6.15. The number of allylic oxidation sites excluding steroid dienone is 3. The van der Waals surface area contributed by atoms with Crippen molar-refractivity contribution in [2.24, 2.45) is 23.7 Å². The summed E-state index contributed by atoms with van der Waals surface area (Å²) < 4.78 is 12.2. The van der Waals surface area contributed by atoms with E-state index >= 15 is 0 Å². The summed E-state index contributed by atoms with van der Waals surface area (Å²) >= 11 is 0. The van der Waals surface area contributed by atoms with Crippen molar-refractivity contribution in [1.29, 1.82) is 0 Å². The van der Waals surface area contributed by atoms with Gasteiger partial charge < -0.3 is 14.4 Å². The maximum atomic E-state index is 13.4. The third kappa shape index (κ3) is 3.36. The van der Waals surface area contributed by atoms with Crippen molar-refractivity contribution < 1.29 is 19.1 Å². The second-order valence-electron chi connectivity index (χ2n) is 12.7. The zero-order valence-corrected chi connectivity index (χ0v) is 22.7. The number of rotatable bonds is 4. The second kappa shape index (κ2) is 8.46. The molecule has 4 bridgehead atoms. The summed E-state index contributed by atoms with van der Waals surface area (Å²) in [4.78, 5) is 29.1. The van der Waals surface area contributed by atoms with Gasteiger partial charge >= 0.3 is 11.9 Å². The summed E-state index contributed by atoms with van der Waals surface area (Å²) in [6.07, 6.45) is 11.0. The fourth-order valence-electron chi connectivity index (χ4n) is 8.57. The fraction of sp³-hybridized carbons (Fsp3) is 0.515. The average molecular weight is 512 g/mol. The van der Waals surface area contributed by atoms with Crippen molar-refractivity contribution in [3.8, 4) is 0 Å². The van der Waals surface area contributed by atoms with Gasteiger partial charge in [0.2, 0.25) is 0 Å². The molecule has 0 N–H and O–H groups in total. The molecule has 0 unspecified atom stereocenters. The van der Waals surface area contributed by atoms with Crippen LogP contribution in [0.15, 0.2) is 59.8 Å². The molecule has 38 heavy (non-hydrogen) atoms. The topological polar surface area (TPSA) is 55.8 Å². The summed E-state index contributed by atoms with van der Waals surface area (Å²) in [5.41, 5.74) is 3.28. The highest BCUT2D eigenvalue weighted by Gasteiger charge is 2.64. The van der Waals surface area contributed by atoms with Crippen LogP contribution in [0.2, 0.25) is 0 Å².